The number of rotatable bonds is 6. The van der Waals surface area contributed by atoms with Crippen LogP contribution in [0.1, 0.15) is 31.2 Å². The van der Waals surface area contributed by atoms with Crippen molar-refractivity contribution in [2.45, 2.75) is 43.7 Å². The normalized spacial score (nSPS) is 18.9. The van der Waals surface area contributed by atoms with Crippen LogP contribution in [0.5, 0.6) is 0 Å². The number of methoxy groups -OCH3 is 1. The third-order valence-corrected chi connectivity index (χ3v) is 4.94. The number of hydrogen-bond acceptors (Lipinski definition) is 2. The molecule has 1 saturated carbocycles. The molecule has 0 radical (unpaired) electrons. The minimum absolute atomic E-state index is 0.0570. The summed E-state index contributed by atoms with van der Waals surface area (Å²) in [7, 11) is 3.80. The molecule has 1 unspecified atom stereocenters. The van der Waals surface area contributed by atoms with Gasteiger partial charge in [-0.1, -0.05) is 29.3 Å². The van der Waals surface area contributed by atoms with Crippen LogP contribution < -0.4 is 5.32 Å². The number of nitrogens with one attached hydrogen (secondary N) is 1. The molecule has 1 aromatic rings. The van der Waals surface area contributed by atoms with Crippen LogP contribution in [0, 0.1) is 0 Å². The van der Waals surface area contributed by atoms with Gasteiger partial charge in [0.2, 0.25) is 0 Å². The molecule has 106 valence electrons. The minimum atomic E-state index is 0.0570. The van der Waals surface area contributed by atoms with Crippen molar-refractivity contribution in [3.8, 4) is 0 Å². The summed E-state index contributed by atoms with van der Waals surface area (Å²) in [5.41, 5.74) is 1.08. The van der Waals surface area contributed by atoms with Gasteiger partial charge < -0.3 is 10.1 Å². The molecule has 0 spiro atoms. The Balaban J connectivity index is 2.07. The maximum atomic E-state index is 6.24. The average molecular weight is 302 g/mol. The van der Waals surface area contributed by atoms with Gasteiger partial charge in [-0.05, 0) is 56.8 Å². The van der Waals surface area contributed by atoms with Crippen molar-refractivity contribution in [1.29, 1.82) is 0 Å². The highest BCUT2D eigenvalue weighted by atomic mass is 35.5. The smallest absolute Gasteiger partial charge is 0.0693 e. The van der Waals surface area contributed by atoms with E-state index in [2.05, 4.69) is 5.32 Å². The molecular weight excluding hydrogens is 281 g/mol. The molecule has 1 fully saturated rings. The van der Waals surface area contributed by atoms with Gasteiger partial charge in [-0.25, -0.2) is 0 Å². The Bertz CT molecular complexity index is 406. The summed E-state index contributed by atoms with van der Waals surface area (Å²) in [5, 5.41) is 4.85. The van der Waals surface area contributed by atoms with E-state index in [1.807, 2.05) is 32.4 Å². The Hall–Kier alpha value is -0.280. The van der Waals surface area contributed by atoms with Crippen LogP contribution >= 0.6 is 23.2 Å². The Kier molecular flexibility index (Phi) is 5.13. The first-order valence-corrected chi connectivity index (χ1v) is 7.51. The number of hydrogen-bond donors (Lipinski definition) is 1. The van der Waals surface area contributed by atoms with E-state index in [9.17, 15) is 0 Å². The van der Waals surface area contributed by atoms with Crippen LogP contribution in [0.3, 0.4) is 0 Å². The van der Waals surface area contributed by atoms with Gasteiger partial charge in [0.1, 0.15) is 0 Å². The van der Waals surface area contributed by atoms with Crippen LogP contribution in [-0.4, -0.2) is 25.8 Å². The van der Waals surface area contributed by atoms with Crippen molar-refractivity contribution in [2.24, 2.45) is 0 Å². The van der Waals surface area contributed by atoms with Crippen molar-refractivity contribution >= 4 is 23.2 Å². The van der Waals surface area contributed by atoms with E-state index >= 15 is 0 Å². The molecule has 2 rings (SSSR count). The first kappa shape index (κ1) is 15.1. The zero-order chi connectivity index (χ0) is 13.9. The van der Waals surface area contributed by atoms with E-state index in [0.717, 1.165) is 41.3 Å². The molecule has 0 amide bonds. The van der Waals surface area contributed by atoms with Gasteiger partial charge in [0.15, 0.2) is 0 Å². The lowest BCUT2D eigenvalue weighted by molar-refractivity contribution is -0.0830. The van der Waals surface area contributed by atoms with Crippen LogP contribution in [0.25, 0.3) is 0 Å². The molecule has 0 saturated heterocycles. The Morgan fingerprint density at radius 2 is 1.95 bits per heavy atom. The first-order chi connectivity index (χ1) is 9.10. The van der Waals surface area contributed by atoms with E-state index in [1.165, 1.54) is 6.42 Å². The highest BCUT2D eigenvalue weighted by Gasteiger charge is 2.38. The summed E-state index contributed by atoms with van der Waals surface area (Å²) in [5.74, 6) is 0. The molecule has 1 aliphatic carbocycles. The lowest BCUT2D eigenvalue weighted by Crippen LogP contribution is -2.45. The van der Waals surface area contributed by atoms with Crippen LogP contribution in [-0.2, 0) is 11.2 Å². The third kappa shape index (κ3) is 3.43. The summed E-state index contributed by atoms with van der Waals surface area (Å²) in [4.78, 5) is 0. The molecule has 0 aromatic heterocycles. The predicted octanol–water partition coefficient (Wildman–Crippen LogP) is 4.08. The SMILES string of the molecule is CNC(Cc1c(Cl)cccc1Cl)CC1(OC)CCC1. The van der Waals surface area contributed by atoms with Gasteiger partial charge in [-0.3, -0.25) is 0 Å². The number of benzene rings is 1. The van der Waals surface area contributed by atoms with Gasteiger partial charge >= 0.3 is 0 Å². The van der Waals surface area contributed by atoms with E-state index in [-0.39, 0.29) is 5.60 Å². The Morgan fingerprint density at radius 1 is 1.32 bits per heavy atom. The summed E-state index contributed by atoms with van der Waals surface area (Å²) < 4.78 is 5.70. The molecule has 1 N–H and O–H groups in total. The standard InChI is InChI=1S/C15H21Cl2NO/c1-18-11(10-15(19-2)7-4-8-15)9-12-13(16)5-3-6-14(12)17/h3,5-6,11,18H,4,7-10H2,1-2H3. The Morgan fingerprint density at radius 3 is 2.37 bits per heavy atom. The maximum Gasteiger partial charge on any atom is 0.0693 e. The average Bonchev–Trinajstić information content (AvgIpc) is 2.36. The highest BCUT2D eigenvalue weighted by molar-refractivity contribution is 6.36. The molecule has 1 atom stereocenters. The molecule has 0 heterocycles. The molecule has 4 heteroatoms. The van der Waals surface area contributed by atoms with Gasteiger partial charge in [0.25, 0.3) is 0 Å². The molecule has 0 aliphatic heterocycles. The van der Waals surface area contributed by atoms with Gasteiger partial charge in [0, 0.05) is 23.2 Å². The van der Waals surface area contributed by atoms with Crippen LogP contribution in [0.2, 0.25) is 10.0 Å². The third-order valence-electron chi connectivity index (χ3n) is 4.24. The van der Waals surface area contributed by atoms with Gasteiger partial charge in [0.05, 0.1) is 5.60 Å². The minimum Gasteiger partial charge on any atom is -0.378 e. The van der Waals surface area contributed by atoms with Gasteiger partial charge in [-0.15, -0.1) is 0 Å². The fourth-order valence-corrected chi connectivity index (χ4v) is 3.31. The molecule has 1 aliphatic rings. The number of ether oxygens (including phenoxy) is 1. The second-order valence-corrected chi connectivity index (χ2v) is 6.15. The lowest BCUT2D eigenvalue weighted by Gasteiger charge is -2.43. The van der Waals surface area contributed by atoms with Crippen molar-refractivity contribution in [3.05, 3.63) is 33.8 Å². The Labute approximate surface area is 125 Å². The van der Waals surface area contributed by atoms with Crippen molar-refractivity contribution < 1.29 is 4.74 Å². The van der Waals surface area contributed by atoms with E-state index in [1.54, 1.807) is 0 Å². The summed E-state index contributed by atoms with van der Waals surface area (Å²) in [6.45, 7) is 0. The maximum absolute atomic E-state index is 6.24. The highest BCUT2D eigenvalue weighted by Crippen LogP contribution is 2.39. The number of halogens is 2. The van der Waals surface area contributed by atoms with E-state index in [0.29, 0.717) is 6.04 Å². The van der Waals surface area contributed by atoms with Crippen molar-refractivity contribution in [3.63, 3.8) is 0 Å². The first-order valence-electron chi connectivity index (χ1n) is 6.75. The largest absolute Gasteiger partial charge is 0.378 e. The van der Waals surface area contributed by atoms with Crippen LogP contribution in [0.15, 0.2) is 18.2 Å². The van der Waals surface area contributed by atoms with Crippen molar-refractivity contribution in [2.75, 3.05) is 14.2 Å². The molecule has 2 nitrogen and oxygen atoms in total. The molecule has 19 heavy (non-hydrogen) atoms. The second-order valence-electron chi connectivity index (χ2n) is 5.33. The summed E-state index contributed by atoms with van der Waals surface area (Å²) >= 11 is 12.5. The molecule has 1 aromatic carbocycles. The van der Waals surface area contributed by atoms with Gasteiger partial charge in [-0.2, -0.15) is 0 Å². The zero-order valence-electron chi connectivity index (χ0n) is 11.5. The fourth-order valence-electron chi connectivity index (χ4n) is 2.76. The monoisotopic (exact) mass is 301 g/mol. The van der Waals surface area contributed by atoms with Crippen molar-refractivity contribution in [1.82, 2.24) is 5.32 Å². The molecular formula is C15H21Cl2NO. The second kappa shape index (κ2) is 6.45. The summed E-state index contributed by atoms with van der Waals surface area (Å²) in [6, 6.07) is 6.00. The van der Waals surface area contributed by atoms with E-state index in [4.69, 9.17) is 27.9 Å². The van der Waals surface area contributed by atoms with E-state index < -0.39 is 0 Å². The lowest BCUT2D eigenvalue weighted by atomic mass is 9.75. The van der Waals surface area contributed by atoms with Crippen LogP contribution in [0.4, 0.5) is 0 Å². The topological polar surface area (TPSA) is 21.3 Å². The zero-order valence-corrected chi connectivity index (χ0v) is 13.0. The summed E-state index contributed by atoms with van der Waals surface area (Å²) in [6.07, 6.45) is 5.40. The molecule has 0 bridgehead atoms. The quantitative estimate of drug-likeness (QED) is 0.855. The fraction of sp³-hybridized carbons (Fsp3) is 0.600. The predicted molar refractivity (Wildman–Crippen MR) is 81.2 cm³/mol. The number of likely N-dealkylation sites (N-methyl/N-ethyl adjacent to an activating group) is 1.